The van der Waals surface area contributed by atoms with Crippen molar-refractivity contribution in [2.45, 2.75) is 19.3 Å². The molecule has 3 N–H and O–H groups in total. The third-order valence-corrected chi connectivity index (χ3v) is 3.50. The molecule has 0 aliphatic heterocycles. The van der Waals surface area contributed by atoms with Gasteiger partial charge in [0.25, 0.3) is 0 Å². The predicted octanol–water partition coefficient (Wildman–Crippen LogP) is 1.51. The van der Waals surface area contributed by atoms with Crippen LogP contribution >= 0.6 is 0 Å². The summed E-state index contributed by atoms with van der Waals surface area (Å²) < 4.78 is 5.39. The second-order valence-corrected chi connectivity index (χ2v) is 4.48. The van der Waals surface area contributed by atoms with Crippen molar-refractivity contribution in [1.29, 1.82) is 0 Å². The molecule has 0 radical (unpaired) electrons. The molecule has 0 heterocycles. The normalized spacial score (nSPS) is 27.8. The predicted molar refractivity (Wildman–Crippen MR) is 63.5 cm³/mol. The van der Waals surface area contributed by atoms with Crippen LogP contribution in [0.1, 0.15) is 24.8 Å². The number of benzene rings is 1. The summed E-state index contributed by atoms with van der Waals surface area (Å²) in [6, 6.07) is 8.11. The highest BCUT2D eigenvalue weighted by atomic mass is 16.5. The molecule has 16 heavy (non-hydrogen) atoms. The molecule has 0 spiro atoms. The molecule has 1 aromatic rings. The first-order chi connectivity index (χ1) is 7.75. The molecule has 0 saturated heterocycles. The zero-order chi connectivity index (χ0) is 11.6. The van der Waals surface area contributed by atoms with E-state index in [2.05, 4.69) is 12.1 Å². The van der Waals surface area contributed by atoms with Gasteiger partial charge >= 0.3 is 0 Å². The highest BCUT2D eigenvalue weighted by Crippen LogP contribution is 2.58. The van der Waals surface area contributed by atoms with Crippen LogP contribution in [0.15, 0.2) is 24.3 Å². The van der Waals surface area contributed by atoms with E-state index in [-0.39, 0.29) is 12.0 Å². The molecule has 1 fully saturated rings. The molecule has 1 aromatic carbocycles. The van der Waals surface area contributed by atoms with Gasteiger partial charge in [-0.3, -0.25) is 0 Å². The van der Waals surface area contributed by atoms with E-state index in [1.165, 1.54) is 5.56 Å². The van der Waals surface area contributed by atoms with Crippen molar-refractivity contribution >= 4 is 0 Å². The molecule has 0 unspecified atom stereocenters. The molecule has 3 heteroatoms. The van der Waals surface area contributed by atoms with Gasteiger partial charge < -0.3 is 15.6 Å². The van der Waals surface area contributed by atoms with Crippen LogP contribution in [0.5, 0.6) is 5.75 Å². The minimum absolute atomic E-state index is 0.0624. The van der Waals surface area contributed by atoms with Crippen molar-refractivity contribution in [3.05, 3.63) is 29.8 Å². The summed E-state index contributed by atoms with van der Waals surface area (Å²) in [5, 5.41) is 9.32. The van der Waals surface area contributed by atoms with Crippen molar-refractivity contribution in [2.75, 3.05) is 19.8 Å². The molecule has 3 nitrogen and oxygen atoms in total. The smallest absolute Gasteiger partial charge is 0.119 e. The third kappa shape index (κ3) is 1.93. The summed E-state index contributed by atoms with van der Waals surface area (Å²) in [6.07, 6.45) is 0.994. The van der Waals surface area contributed by atoms with Crippen LogP contribution in [-0.4, -0.2) is 24.9 Å². The Morgan fingerprint density at radius 1 is 1.44 bits per heavy atom. The molecule has 1 saturated carbocycles. The number of aliphatic hydroxyl groups is 1. The molecular formula is C13H19NO2. The Morgan fingerprint density at radius 3 is 2.56 bits per heavy atom. The van der Waals surface area contributed by atoms with Crippen molar-refractivity contribution < 1.29 is 9.84 Å². The fourth-order valence-electron chi connectivity index (χ4n) is 2.25. The third-order valence-electron chi connectivity index (χ3n) is 3.50. The molecule has 1 aliphatic carbocycles. The van der Waals surface area contributed by atoms with Crippen LogP contribution in [0.2, 0.25) is 0 Å². The van der Waals surface area contributed by atoms with Crippen molar-refractivity contribution in [2.24, 2.45) is 11.1 Å². The second kappa shape index (κ2) is 4.44. The van der Waals surface area contributed by atoms with Gasteiger partial charge in [-0.2, -0.15) is 0 Å². The first kappa shape index (κ1) is 11.4. The molecule has 88 valence electrons. The molecule has 1 aliphatic rings. The number of hydrogen-bond donors (Lipinski definition) is 2. The second-order valence-electron chi connectivity index (χ2n) is 4.48. The van der Waals surface area contributed by atoms with E-state index in [1.54, 1.807) is 0 Å². The lowest BCUT2D eigenvalue weighted by molar-refractivity contribution is 0.211. The Balaban J connectivity index is 2.07. The lowest BCUT2D eigenvalue weighted by atomic mass is 10.00. The Kier molecular flexibility index (Phi) is 3.17. The average molecular weight is 221 g/mol. The number of rotatable bonds is 5. The Labute approximate surface area is 96.2 Å². The van der Waals surface area contributed by atoms with Gasteiger partial charge in [0.2, 0.25) is 0 Å². The maximum atomic E-state index is 9.32. The highest BCUT2D eigenvalue weighted by molar-refractivity contribution is 5.35. The molecule has 2 rings (SSSR count). The quantitative estimate of drug-likeness (QED) is 0.792. The van der Waals surface area contributed by atoms with Crippen molar-refractivity contribution in [3.63, 3.8) is 0 Å². The van der Waals surface area contributed by atoms with Gasteiger partial charge in [0, 0.05) is 12.0 Å². The number of hydrogen-bond acceptors (Lipinski definition) is 3. The summed E-state index contributed by atoms with van der Waals surface area (Å²) in [7, 11) is 0. The summed E-state index contributed by atoms with van der Waals surface area (Å²) in [5.74, 6) is 1.31. The highest BCUT2D eigenvalue weighted by Gasteiger charge is 2.53. The lowest BCUT2D eigenvalue weighted by Crippen LogP contribution is -2.21. The average Bonchev–Trinajstić information content (AvgIpc) is 3.06. The standard InChI is InChI=1S/C13H19NO2/c1-2-16-11-5-3-10(4-6-11)12-7-13(12,8-14)9-15/h3-6,12,15H,2,7-9,14H2,1H3/t12-,13-/m1/s1. The van der Waals surface area contributed by atoms with Crippen LogP contribution in [0.25, 0.3) is 0 Å². The van der Waals surface area contributed by atoms with Gasteiger partial charge in [-0.25, -0.2) is 0 Å². The van der Waals surface area contributed by atoms with E-state index in [9.17, 15) is 5.11 Å². The topological polar surface area (TPSA) is 55.5 Å². The van der Waals surface area contributed by atoms with Crippen LogP contribution in [0, 0.1) is 5.41 Å². The summed E-state index contributed by atoms with van der Waals surface area (Å²) in [5.41, 5.74) is 6.89. The van der Waals surface area contributed by atoms with E-state index < -0.39 is 0 Å². The van der Waals surface area contributed by atoms with E-state index in [1.807, 2.05) is 19.1 Å². The first-order valence-electron chi connectivity index (χ1n) is 5.79. The first-order valence-corrected chi connectivity index (χ1v) is 5.79. The summed E-state index contributed by atoms with van der Waals surface area (Å²) in [4.78, 5) is 0. The minimum atomic E-state index is -0.0624. The SMILES string of the molecule is CCOc1ccc([C@H]2C[C@@]2(CN)CO)cc1. The van der Waals surface area contributed by atoms with Crippen LogP contribution in [0.4, 0.5) is 0 Å². The Morgan fingerprint density at radius 2 is 2.12 bits per heavy atom. The summed E-state index contributed by atoms with van der Waals surface area (Å²) in [6.45, 7) is 3.40. The largest absolute Gasteiger partial charge is 0.494 e. The fourth-order valence-corrected chi connectivity index (χ4v) is 2.25. The van der Waals surface area contributed by atoms with Gasteiger partial charge in [0.15, 0.2) is 0 Å². The van der Waals surface area contributed by atoms with Crippen molar-refractivity contribution in [1.82, 2.24) is 0 Å². The maximum Gasteiger partial charge on any atom is 0.119 e. The molecule has 2 atom stereocenters. The van der Waals surface area contributed by atoms with Gasteiger partial charge in [0.05, 0.1) is 13.2 Å². The molecular weight excluding hydrogens is 202 g/mol. The fraction of sp³-hybridized carbons (Fsp3) is 0.538. The van der Waals surface area contributed by atoms with Crippen molar-refractivity contribution in [3.8, 4) is 5.75 Å². The van der Waals surface area contributed by atoms with E-state index in [0.29, 0.717) is 19.1 Å². The van der Waals surface area contributed by atoms with Crippen LogP contribution in [0.3, 0.4) is 0 Å². The van der Waals surface area contributed by atoms with Gasteiger partial charge in [0.1, 0.15) is 5.75 Å². The lowest BCUT2D eigenvalue weighted by Gasteiger charge is -2.11. The van der Waals surface area contributed by atoms with E-state index in [4.69, 9.17) is 10.5 Å². The number of aliphatic hydroxyl groups excluding tert-OH is 1. The number of ether oxygens (including phenoxy) is 1. The minimum Gasteiger partial charge on any atom is -0.494 e. The van der Waals surface area contributed by atoms with E-state index >= 15 is 0 Å². The molecule has 0 amide bonds. The maximum absolute atomic E-state index is 9.32. The van der Waals surface area contributed by atoms with Gasteiger partial charge in [-0.05, 0) is 37.0 Å². The van der Waals surface area contributed by atoms with Crippen LogP contribution in [-0.2, 0) is 0 Å². The Bertz CT molecular complexity index is 343. The Hall–Kier alpha value is -1.06. The van der Waals surface area contributed by atoms with Gasteiger partial charge in [-0.1, -0.05) is 12.1 Å². The summed E-state index contributed by atoms with van der Waals surface area (Å²) >= 11 is 0. The monoisotopic (exact) mass is 221 g/mol. The molecule has 0 bridgehead atoms. The van der Waals surface area contributed by atoms with Crippen LogP contribution < -0.4 is 10.5 Å². The van der Waals surface area contributed by atoms with Gasteiger partial charge in [-0.15, -0.1) is 0 Å². The zero-order valence-electron chi connectivity index (χ0n) is 9.65. The number of nitrogens with two attached hydrogens (primary N) is 1. The molecule has 0 aromatic heterocycles. The van der Waals surface area contributed by atoms with E-state index in [0.717, 1.165) is 12.2 Å². The zero-order valence-corrected chi connectivity index (χ0v) is 9.65.